The maximum atomic E-state index is 13.1. The summed E-state index contributed by atoms with van der Waals surface area (Å²) in [5.41, 5.74) is 16.6. The topological polar surface area (TPSA) is 264 Å². The number of hydrogen-bond donors (Lipinski definition) is 3. The Hall–Kier alpha value is -6.38. The van der Waals surface area contributed by atoms with Gasteiger partial charge in [0.2, 0.25) is 5.91 Å². The number of nitrogens with one attached hydrogen (secondary N) is 2. The summed E-state index contributed by atoms with van der Waals surface area (Å²) in [6.45, 7) is 14.8. The molecular weight excluding hydrogens is 1380 g/mol. The van der Waals surface area contributed by atoms with Gasteiger partial charge in [0.15, 0.2) is 17.3 Å². The molecule has 3 aliphatic heterocycles. The van der Waals surface area contributed by atoms with Crippen LogP contribution in [0.5, 0.6) is 0 Å². The maximum Gasteiger partial charge on any atom is 0.251 e. The summed E-state index contributed by atoms with van der Waals surface area (Å²) in [6.07, 6.45) is 21.3. The Balaban J connectivity index is 0.000000228. The molecule has 6 aromatic rings. The van der Waals surface area contributed by atoms with Gasteiger partial charge in [-0.3, -0.25) is 28.8 Å². The molecule has 3 aromatic carbocycles. The van der Waals surface area contributed by atoms with Crippen LogP contribution < -0.4 is 26.2 Å². The van der Waals surface area contributed by atoms with Crippen LogP contribution in [0.3, 0.4) is 0 Å². The van der Waals surface area contributed by atoms with Crippen LogP contribution in [0.2, 0.25) is 0 Å². The van der Waals surface area contributed by atoms with Crippen molar-refractivity contribution < 1.29 is 118 Å². The van der Waals surface area contributed by atoms with E-state index >= 15 is 0 Å². The number of fused-ring (bicyclic) bond motifs is 3. The van der Waals surface area contributed by atoms with E-state index in [1.165, 1.54) is 6.20 Å². The van der Waals surface area contributed by atoms with Gasteiger partial charge in [-0.05, 0) is 194 Å². The van der Waals surface area contributed by atoms with Crippen LogP contribution >= 0.6 is 0 Å². The monoisotopic (exact) mass is 1470 g/mol. The molecule has 3 fully saturated rings. The fourth-order valence-electron chi connectivity index (χ4n) is 13.7. The van der Waals surface area contributed by atoms with Crippen molar-refractivity contribution >= 4 is 59.3 Å². The normalized spacial score (nSPS) is 16.8. The first-order valence-electron chi connectivity index (χ1n) is 33.3. The molecule has 4 N–H and O–H groups in total. The number of nitrogens with two attached hydrogens (primary N) is 1. The third-order valence-corrected chi connectivity index (χ3v) is 18.5. The zero-order valence-corrected chi connectivity index (χ0v) is 63.5. The van der Waals surface area contributed by atoms with Crippen molar-refractivity contribution in [1.82, 2.24) is 30.4 Å². The number of Topliss-reactive ketones (excluding diaryl/α,β-unsaturated/α-hetero) is 3. The van der Waals surface area contributed by atoms with Gasteiger partial charge in [-0.2, -0.15) is 17.2 Å². The Labute approximate surface area is 621 Å². The molecule has 20 nitrogen and oxygen atoms in total. The van der Waals surface area contributed by atoms with Crippen LogP contribution in [-0.4, -0.2) is 146 Å². The van der Waals surface area contributed by atoms with Crippen molar-refractivity contribution in [2.45, 2.75) is 175 Å². The third kappa shape index (κ3) is 21.6. The molecule has 0 spiro atoms. The van der Waals surface area contributed by atoms with E-state index in [9.17, 15) is 38.4 Å². The first-order chi connectivity index (χ1) is 45.6. The molecule has 0 saturated carbocycles. The molecule has 22 heteroatoms. The number of carbonyl (C=O) groups excluding carboxylic acids is 8. The number of primary amides is 1. The number of carbonyl (C=O) groups is 6. The van der Waals surface area contributed by atoms with Gasteiger partial charge in [0.1, 0.15) is 11.6 Å². The summed E-state index contributed by atoms with van der Waals surface area (Å²) >= 11 is 0. The number of aryl methyl sites for hydroxylation is 5. The van der Waals surface area contributed by atoms with Gasteiger partial charge < -0.3 is 59.9 Å². The molecule has 3 aromatic heterocycles. The molecule has 2 radical (unpaired) electrons. The predicted molar refractivity (Wildman–Crippen MR) is 366 cm³/mol. The number of rotatable bonds is 27. The maximum absolute atomic E-state index is 13.1. The van der Waals surface area contributed by atoms with E-state index in [0.717, 1.165) is 172 Å². The second kappa shape index (κ2) is 38.3. The van der Waals surface area contributed by atoms with Crippen molar-refractivity contribution in [3.05, 3.63) is 163 Å². The van der Waals surface area contributed by atoms with Gasteiger partial charge in [-0.1, -0.05) is 50.5 Å². The molecule has 4 aliphatic rings. The zero-order chi connectivity index (χ0) is 68.3. The molecular formula is C75H93N9O11Y2-2. The van der Waals surface area contributed by atoms with E-state index in [1.807, 2.05) is 67.5 Å². The molecule has 2 bridgehead atoms. The number of aromatic nitrogens is 4. The number of anilines is 2. The van der Waals surface area contributed by atoms with E-state index in [0.29, 0.717) is 77.3 Å². The van der Waals surface area contributed by atoms with Gasteiger partial charge >= 0.3 is 0 Å². The average molecular weight is 1470 g/mol. The first kappa shape index (κ1) is 79.6. The van der Waals surface area contributed by atoms with Crippen LogP contribution in [0.25, 0.3) is 5.69 Å². The summed E-state index contributed by atoms with van der Waals surface area (Å²) in [4.78, 5) is 109. The summed E-state index contributed by atoms with van der Waals surface area (Å²) in [6, 6.07) is 22.6. The number of methoxy groups -OCH3 is 3. The molecule has 1 aliphatic carbocycles. The fraction of sp³-hybridized carbons (Fsp3) is 0.480. The number of hydrogen-bond acceptors (Lipinski definition) is 16. The number of pyridine rings is 2. The largest absolute Gasteiger partial charge is 0.385 e. The van der Waals surface area contributed by atoms with Crippen molar-refractivity contribution in [3.63, 3.8) is 0 Å². The van der Waals surface area contributed by atoms with Gasteiger partial charge in [0.05, 0.1) is 35.2 Å². The second-order valence-electron chi connectivity index (χ2n) is 26.3. The van der Waals surface area contributed by atoms with Crippen LogP contribution in [-0.2, 0) is 115 Å². The van der Waals surface area contributed by atoms with Crippen molar-refractivity contribution in [2.75, 3.05) is 64.0 Å². The van der Waals surface area contributed by atoms with E-state index < -0.39 is 5.91 Å². The van der Waals surface area contributed by atoms with Crippen LogP contribution in [0.4, 0.5) is 11.6 Å². The molecule has 3 saturated heterocycles. The number of benzene rings is 3. The van der Waals surface area contributed by atoms with Crippen LogP contribution in [0.1, 0.15) is 218 Å². The first-order valence-corrected chi connectivity index (χ1v) is 33.3. The van der Waals surface area contributed by atoms with Gasteiger partial charge in [0.25, 0.3) is 11.8 Å². The molecule has 2 unspecified atom stereocenters. The van der Waals surface area contributed by atoms with Crippen LogP contribution in [0, 0.1) is 19.3 Å². The number of amides is 3. The van der Waals surface area contributed by atoms with Crippen molar-refractivity contribution in [3.8, 4) is 5.69 Å². The molecule has 6 heterocycles. The summed E-state index contributed by atoms with van der Waals surface area (Å²) in [5.74, 6) is 1.28. The Morgan fingerprint density at radius 3 is 1.53 bits per heavy atom. The molecule has 10 rings (SSSR count). The predicted octanol–water partition coefficient (Wildman–Crippen LogP) is 10.5. The molecule has 3 amide bonds. The Morgan fingerprint density at radius 2 is 1.08 bits per heavy atom. The number of unbranched alkanes of at least 4 members (excludes halogenated alkanes) is 3. The standard InChI is InChI=1S/C27H32N3O4.C25H30N3O4.C23H31N3O3.2Y/c1-18(32)25-10-7-21(13-20(25)5-3-4-12-34-2)27(33)29-22-14-23-8-9-24(15-22)30(23)26-11-6-19(17-31)16-28-26;1-18(30)23-8-7-21(15-20(23)5-3-4-14-32-2)25(31)27-22-10-12-28(13-11-22)24-9-6-19(17-29)16-26-24;1-14-10-17(22(24)28)16(8-6-7-9-29-5)11-18(14)26-19-12-23(3,4)13-20(27)21(19)15(2)25-26;;/h6-7,10-11,13,16,22-24H,3-5,8-9,12,14-15H2,1-2H3,(H,29,33);6-9,15-16,22H,3-5,10-14H2,1-2H3,(H,27,31);10-11H,6-9,12-13H2,1-5H3,(H2,24,28);;/q2*-1;;;. The van der Waals surface area contributed by atoms with Gasteiger partial charge in [-0.15, -0.1) is 11.1 Å². The number of piperidine rings is 2. The minimum absolute atomic E-state index is 0. The molecule has 2 atom stereocenters. The SMILES string of the molecule is COCCCCc1cc(-n2nc(C)c3c2CC(C)(C)CC3=O)c(C)cc1C(N)=O.COCCCCc1cc(C(=O)NC2CC3CCC(C2)N3c2ccc([C-]=O)cn2)ccc1C(C)=O.COCCCCc1cc(C(=O)NC2CCN(c3ccc([C-]=O)cn3)CC2)ccc1C(C)=O.[Y].[Y]. The molecule has 97 heavy (non-hydrogen) atoms. The van der Waals surface area contributed by atoms with E-state index in [-0.39, 0.29) is 112 Å². The minimum Gasteiger partial charge on any atom is -0.385 e. The van der Waals surface area contributed by atoms with E-state index in [4.69, 9.17) is 25.0 Å². The Morgan fingerprint density at radius 1 is 0.608 bits per heavy atom. The zero-order valence-electron chi connectivity index (χ0n) is 57.9. The quantitative estimate of drug-likeness (QED) is 0.0246. The van der Waals surface area contributed by atoms with Gasteiger partial charge in [0, 0.05) is 178 Å². The smallest absolute Gasteiger partial charge is 0.251 e. The van der Waals surface area contributed by atoms with Crippen LogP contribution in [0.15, 0.2) is 85.2 Å². The van der Waals surface area contributed by atoms with E-state index in [2.05, 4.69) is 44.2 Å². The van der Waals surface area contributed by atoms with Crippen molar-refractivity contribution in [1.29, 1.82) is 0 Å². The molecule has 512 valence electrons. The Bertz CT molecular complexity index is 3690. The fourth-order valence-corrected chi connectivity index (χ4v) is 13.7. The average Bonchev–Trinajstić information content (AvgIpc) is 1.63. The second-order valence-corrected chi connectivity index (χ2v) is 26.3. The Kier molecular flexibility index (Phi) is 31.4. The number of nitrogens with zero attached hydrogens (tertiary/aromatic N) is 6. The summed E-state index contributed by atoms with van der Waals surface area (Å²) in [5, 5.41) is 11.1. The third-order valence-electron chi connectivity index (χ3n) is 18.5. The summed E-state index contributed by atoms with van der Waals surface area (Å²) in [7, 11) is 5.04. The van der Waals surface area contributed by atoms with E-state index in [1.54, 1.807) is 77.8 Å². The van der Waals surface area contributed by atoms with Gasteiger partial charge in [-0.25, -0.2) is 4.68 Å². The minimum atomic E-state index is -0.420. The van der Waals surface area contributed by atoms with Crippen molar-refractivity contribution in [2.24, 2.45) is 11.1 Å². The number of ether oxygens (including phenoxy) is 3. The number of ketones is 3. The summed E-state index contributed by atoms with van der Waals surface area (Å²) < 4.78 is 17.2.